The van der Waals surface area contributed by atoms with Gasteiger partial charge >= 0.3 is 12.1 Å². The molecule has 1 atom stereocenters. The molecule has 0 radical (unpaired) electrons. The van der Waals surface area contributed by atoms with Gasteiger partial charge in [0.2, 0.25) is 10.0 Å². The van der Waals surface area contributed by atoms with Gasteiger partial charge in [0.15, 0.2) is 0 Å². The second-order valence-corrected chi connectivity index (χ2v) is 5.43. The lowest BCUT2D eigenvalue weighted by Gasteiger charge is -2.13. The van der Waals surface area contributed by atoms with Gasteiger partial charge in [0.1, 0.15) is 6.04 Å². The maximum Gasteiger partial charge on any atom is 0.389 e. The standard InChI is InChI=1S/C8H14F3NO5S/c9-8(10,11)3-1-5-18(16,17)12-6(2-4-13)7(14)15/h6,12-13H,1-5H2,(H,14,15). The molecule has 0 saturated heterocycles. The average molecular weight is 293 g/mol. The molecule has 0 rings (SSSR count). The van der Waals surface area contributed by atoms with E-state index in [1.807, 2.05) is 0 Å². The molecule has 0 aliphatic rings. The number of alkyl halides is 3. The number of hydrogen-bond donors (Lipinski definition) is 3. The molecule has 18 heavy (non-hydrogen) atoms. The molecule has 0 aromatic rings. The smallest absolute Gasteiger partial charge is 0.389 e. The number of carboxylic acid groups (broad SMARTS) is 1. The van der Waals surface area contributed by atoms with Crippen molar-refractivity contribution in [2.75, 3.05) is 12.4 Å². The van der Waals surface area contributed by atoms with Crippen molar-refractivity contribution in [2.24, 2.45) is 0 Å². The van der Waals surface area contributed by atoms with E-state index in [0.29, 0.717) is 0 Å². The Morgan fingerprint density at radius 2 is 1.89 bits per heavy atom. The second-order valence-electron chi connectivity index (χ2n) is 3.56. The fourth-order valence-electron chi connectivity index (χ4n) is 1.10. The summed E-state index contributed by atoms with van der Waals surface area (Å²) in [7, 11) is -4.11. The minimum Gasteiger partial charge on any atom is -0.480 e. The van der Waals surface area contributed by atoms with E-state index in [4.69, 9.17) is 10.2 Å². The van der Waals surface area contributed by atoms with Crippen molar-refractivity contribution in [3.05, 3.63) is 0 Å². The lowest BCUT2D eigenvalue weighted by Crippen LogP contribution is -2.42. The van der Waals surface area contributed by atoms with Gasteiger partial charge in [0.05, 0.1) is 5.75 Å². The molecule has 3 N–H and O–H groups in total. The highest BCUT2D eigenvalue weighted by Gasteiger charge is 2.28. The molecule has 0 aliphatic heterocycles. The zero-order valence-electron chi connectivity index (χ0n) is 9.27. The van der Waals surface area contributed by atoms with Gasteiger partial charge in [-0.25, -0.2) is 13.1 Å². The third kappa shape index (κ3) is 8.25. The molecular weight excluding hydrogens is 279 g/mol. The molecular formula is C8H14F3NO5S. The largest absolute Gasteiger partial charge is 0.480 e. The summed E-state index contributed by atoms with van der Waals surface area (Å²) in [4.78, 5) is 10.6. The Balaban J connectivity index is 4.33. The molecule has 0 fully saturated rings. The van der Waals surface area contributed by atoms with Crippen LogP contribution in [-0.4, -0.2) is 49.2 Å². The molecule has 10 heteroatoms. The molecule has 0 bridgehead atoms. The summed E-state index contributed by atoms with van der Waals surface area (Å²) in [5.41, 5.74) is 0. The summed E-state index contributed by atoms with van der Waals surface area (Å²) < 4.78 is 59.7. The highest BCUT2D eigenvalue weighted by molar-refractivity contribution is 7.89. The Labute approximate surface area is 102 Å². The van der Waals surface area contributed by atoms with Crippen molar-refractivity contribution in [3.63, 3.8) is 0 Å². The summed E-state index contributed by atoms with van der Waals surface area (Å²) in [6.45, 7) is -0.554. The fraction of sp³-hybridized carbons (Fsp3) is 0.875. The number of rotatable bonds is 8. The first-order valence-corrected chi connectivity index (χ1v) is 6.63. The molecule has 0 spiro atoms. The van der Waals surface area contributed by atoms with Crippen LogP contribution in [0.15, 0.2) is 0 Å². The maximum atomic E-state index is 11.8. The van der Waals surface area contributed by atoms with E-state index in [2.05, 4.69) is 0 Å². The third-order valence-electron chi connectivity index (χ3n) is 1.91. The monoisotopic (exact) mass is 293 g/mol. The Morgan fingerprint density at radius 1 is 1.33 bits per heavy atom. The van der Waals surface area contributed by atoms with Gasteiger partial charge in [-0.1, -0.05) is 0 Å². The van der Waals surface area contributed by atoms with Crippen molar-refractivity contribution in [2.45, 2.75) is 31.5 Å². The number of halogens is 3. The van der Waals surface area contributed by atoms with Crippen LogP contribution in [0.3, 0.4) is 0 Å². The van der Waals surface area contributed by atoms with Gasteiger partial charge < -0.3 is 10.2 Å². The van der Waals surface area contributed by atoms with E-state index in [1.54, 1.807) is 4.72 Å². The topological polar surface area (TPSA) is 104 Å². The number of aliphatic hydroxyl groups excluding tert-OH is 1. The Kier molecular flexibility index (Phi) is 6.57. The third-order valence-corrected chi connectivity index (χ3v) is 3.38. The van der Waals surface area contributed by atoms with Crippen molar-refractivity contribution in [1.29, 1.82) is 0 Å². The Hall–Kier alpha value is -0.870. The number of sulfonamides is 1. The van der Waals surface area contributed by atoms with Crippen LogP contribution in [0.1, 0.15) is 19.3 Å². The van der Waals surface area contributed by atoms with Gasteiger partial charge in [-0.2, -0.15) is 13.2 Å². The number of hydrogen-bond acceptors (Lipinski definition) is 4. The van der Waals surface area contributed by atoms with E-state index in [9.17, 15) is 26.4 Å². The minimum absolute atomic E-state index is 0.353. The molecule has 0 aromatic heterocycles. The van der Waals surface area contributed by atoms with E-state index >= 15 is 0 Å². The van der Waals surface area contributed by atoms with Crippen LogP contribution in [0, 0.1) is 0 Å². The van der Waals surface area contributed by atoms with E-state index < -0.39 is 53.4 Å². The Bertz CT molecular complexity index is 367. The van der Waals surface area contributed by atoms with Gasteiger partial charge in [-0.3, -0.25) is 4.79 Å². The first kappa shape index (κ1) is 17.1. The van der Waals surface area contributed by atoms with Crippen molar-refractivity contribution in [1.82, 2.24) is 4.72 Å². The summed E-state index contributed by atoms with van der Waals surface area (Å²) in [5.74, 6) is -2.31. The van der Waals surface area contributed by atoms with E-state index in [0.717, 1.165) is 0 Å². The van der Waals surface area contributed by atoms with Crippen LogP contribution < -0.4 is 4.72 Å². The number of carboxylic acids is 1. The van der Waals surface area contributed by atoms with Crippen molar-refractivity contribution in [3.8, 4) is 0 Å². The zero-order valence-corrected chi connectivity index (χ0v) is 10.1. The van der Waals surface area contributed by atoms with Crippen molar-refractivity contribution < 1.29 is 36.6 Å². The number of aliphatic hydroxyl groups is 1. The SMILES string of the molecule is O=C(O)C(CCO)NS(=O)(=O)CCCC(F)(F)F. The number of nitrogens with one attached hydrogen (secondary N) is 1. The predicted molar refractivity (Wildman–Crippen MR) is 55.3 cm³/mol. The maximum absolute atomic E-state index is 11.8. The zero-order chi connectivity index (χ0) is 14.4. The van der Waals surface area contributed by atoms with Crippen LogP contribution in [0.5, 0.6) is 0 Å². The summed E-state index contributed by atoms with van der Waals surface area (Å²) in [6.07, 6.45) is -6.71. The summed E-state index contributed by atoms with van der Waals surface area (Å²) in [6, 6.07) is -1.54. The number of carbonyl (C=O) groups is 1. The summed E-state index contributed by atoms with van der Waals surface area (Å²) in [5, 5.41) is 17.1. The second kappa shape index (κ2) is 6.90. The normalized spacial score (nSPS) is 14.4. The Morgan fingerprint density at radius 3 is 2.28 bits per heavy atom. The van der Waals surface area contributed by atoms with E-state index in [1.165, 1.54) is 0 Å². The first-order valence-electron chi connectivity index (χ1n) is 4.98. The number of aliphatic carboxylic acids is 1. The van der Waals surface area contributed by atoms with E-state index in [-0.39, 0.29) is 6.42 Å². The summed E-state index contributed by atoms with van der Waals surface area (Å²) >= 11 is 0. The molecule has 0 saturated carbocycles. The fourth-order valence-corrected chi connectivity index (χ4v) is 2.39. The van der Waals surface area contributed by atoms with Crippen LogP contribution in [-0.2, 0) is 14.8 Å². The average Bonchev–Trinajstić information content (AvgIpc) is 2.13. The minimum atomic E-state index is -4.45. The van der Waals surface area contributed by atoms with Crippen LogP contribution in [0.25, 0.3) is 0 Å². The van der Waals surface area contributed by atoms with Gasteiger partial charge in [0, 0.05) is 13.0 Å². The van der Waals surface area contributed by atoms with Crippen molar-refractivity contribution >= 4 is 16.0 Å². The van der Waals surface area contributed by atoms with Gasteiger partial charge in [-0.05, 0) is 12.8 Å². The molecule has 6 nitrogen and oxygen atoms in total. The van der Waals surface area contributed by atoms with Crippen LogP contribution in [0.4, 0.5) is 13.2 Å². The van der Waals surface area contributed by atoms with Crippen LogP contribution in [0.2, 0.25) is 0 Å². The molecule has 0 aromatic carbocycles. The lowest BCUT2D eigenvalue weighted by molar-refractivity contribution is -0.139. The van der Waals surface area contributed by atoms with Gasteiger partial charge in [0.25, 0.3) is 0 Å². The van der Waals surface area contributed by atoms with Crippen LogP contribution >= 0.6 is 0 Å². The highest BCUT2D eigenvalue weighted by Crippen LogP contribution is 2.21. The molecule has 0 heterocycles. The molecule has 0 amide bonds. The highest BCUT2D eigenvalue weighted by atomic mass is 32.2. The van der Waals surface area contributed by atoms with Gasteiger partial charge in [-0.15, -0.1) is 0 Å². The molecule has 1 unspecified atom stereocenters. The lowest BCUT2D eigenvalue weighted by atomic mass is 10.2. The predicted octanol–water partition coefficient (Wildman–Crippen LogP) is 0.0839. The molecule has 108 valence electrons. The first-order chi connectivity index (χ1) is 8.07. The quantitative estimate of drug-likeness (QED) is 0.588. The molecule has 0 aliphatic carbocycles.